The van der Waals surface area contributed by atoms with Gasteiger partial charge in [0.2, 0.25) is 0 Å². The molecule has 0 N–H and O–H groups in total. The van der Waals surface area contributed by atoms with Gasteiger partial charge in [-0.2, -0.15) is 0 Å². The van der Waals surface area contributed by atoms with E-state index in [2.05, 4.69) is 39.6 Å². The quantitative estimate of drug-likeness (QED) is 0.711. The lowest BCUT2D eigenvalue weighted by Crippen LogP contribution is -2.62. The maximum Gasteiger partial charge on any atom is 0.302 e. The van der Waals surface area contributed by atoms with Gasteiger partial charge >= 0.3 is 5.97 Å². The molecule has 1 fully saturated rings. The highest BCUT2D eigenvalue weighted by Gasteiger charge is 2.47. The van der Waals surface area contributed by atoms with Gasteiger partial charge in [0, 0.05) is 30.8 Å². The predicted octanol–water partition coefficient (Wildman–Crippen LogP) is 2.98. The van der Waals surface area contributed by atoms with Gasteiger partial charge in [0.25, 0.3) is 0 Å². The molecule has 1 rings (SSSR count). The molecule has 0 aliphatic carbocycles. The fourth-order valence-electron chi connectivity index (χ4n) is 3.06. The normalized spacial score (nSPS) is 39.1. The van der Waals surface area contributed by atoms with Crippen LogP contribution >= 0.6 is 0 Å². The summed E-state index contributed by atoms with van der Waals surface area (Å²) in [5.41, 5.74) is 0.256. The molecular formula is C14H27NO2. The van der Waals surface area contributed by atoms with Crippen molar-refractivity contribution in [3.8, 4) is 0 Å². The Kier molecular flexibility index (Phi) is 4.23. The maximum absolute atomic E-state index is 11.2. The van der Waals surface area contributed by atoms with Crippen LogP contribution in [0.4, 0.5) is 0 Å². The van der Waals surface area contributed by atoms with E-state index in [1.54, 1.807) is 0 Å². The summed E-state index contributed by atoms with van der Waals surface area (Å²) in [5, 5.41) is 0. The van der Waals surface area contributed by atoms with E-state index < -0.39 is 0 Å². The Morgan fingerprint density at radius 2 is 1.65 bits per heavy atom. The molecule has 100 valence electrons. The van der Waals surface area contributed by atoms with E-state index in [1.165, 1.54) is 6.92 Å². The summed E-state index contributed by atoms with van der Waals surface area (Å²) in [7, 11) is 2.21. The number of carbonyl (C=O) groups is 1. The summed E-state index contributed by atoms with van der Waals surface area (Å²) in [6, 6.07) is 0. The molecule has 2 unspecified atom stereocenters. The number of hydrogen-bond acceptors (Lipinski definition) is 3. The number of likely N-dealkylation sites (tertiary alicyclic amines) is 1. The van der Waals surface area contributed by atoms with E-state index >= 15 is 0 Å². The molecule has 0 aromatic heterocycles. The van der Waals surface area contributed by atoms with E-state index in [4.69, 9.17) is 4.74 Å². The molecule has 0 bridgehead atoms. The van der Waals surface area contributed by atoms with Crippen molar-refractivity contribution >= 4 is 5.97 Å². The van der Waals surface area contributed by atoms with Crippen molar-refractivity contribution in [2.45, 2.75) is 77.5 Å². The number of ether oxygens (including phenoxy) is 1. The minimum atomic E-state index is -0.156. The lowest BCUT2D eigenvalue weighted by atomic mass is 9.74. The molecule has 0 spiro atoms. The van der Waals surface area contributed by atoms with Crippen LogP contribution in [0.5, 0.6) is 0 Å². The fourth-order valence-corrected chi connectivity index (χ4v) is 3.06. The minimum Gasteiger partial charge on any atom is -0.462 e. The number of esters is 1. The van der Waals surface area contributed by atoms with Crippen LogP contribution in [0.1, 0.15) is 60.3 Å². The first-order valence-electron chi connectivity index (χ1n) is 6.68. The van der Waals surface area contributed by atoms with Crippen LogP contribution < -0.4 is 0 Å². The van der Waals surface area contributed by atoms with Crippen LogP contribution in [-0.4, -0.2) is 35.1 Å². The van der Waals surface area contributed by atoms with Gasteiger partial charge in [-0.1, -0.05) is 13.8 Å². The van der Waals surface area contributed by atoms with Gasteiger partial charge in [-0.3, -0.25) is 9.69 Å². The van der Waals surface area contributed by atoms with Gasteiger partial charge in [0.1, 0.15) is 6.10 Å². The Morgan fingerprint density at radius 3 is 1.94 bits per heavy atom. The van der Waals surface area contributed by atoms with Crippen LogP contribution in [0.3, 0.4) is 0 Å². The van der Waals surface area contributed by atoms with Gasteiger partial charge < -0.3 is 4.74 Å². The van der Waals surface area contributed by atoms with Crippen molar-refractivity contribution in [2.24, 2.45) is 0 Å². The second-order valence-electron chi connectivity index (χ2n) is 5.90. The molecule has 0 saturated carbocycles. The van der Waals surface area contributed by atoms with E-state index in [0.29, 0.717) is 0 Å². The van der Waals surface area contributed by atoms with Crippen LogP contribution in [-0.2, 0) is 9.53 Å². The average molecular weight is 241 g/mol. The summed E-state index contributed by atoms with van der Waals surface area (Å²) in [4.78, 5) is 13.6. The molecule has 0 aromatic rings. The maximum atomic E-state index is 11.2. The highest BCUT2D eigenvalue weighted by atomic mass is 16.5. The third-order valence-electron chi connectivity index (χ3n) is 4.81. The van der Waals surface area contributed by atoms with Gasteiger partial charge in [-0.25, -0.2) is 0 Å². The van der Waals surface area contributed by atoms with Crippen LogP contribution in [0.2, 0.25) is 0 Å². The van der Waals surface area contributed by atoms with Crippen molar-refractivity contribution in [3.63, 3.8) is 0 Å². The van der Waals surface area contributed by atoms with Crippen molar-refractivity contribution in [2.75, 3.05) is 7.05 Å². The van der Waals surface area contributed by atoms with E-state index in [0.717, 1.165) is 25.7 Å². The Labute approximate surface area is 106 Å². The van der Waals surface area contributed by atoms with Crippen LogP contribution in [0, 0.1) is 0 Å². The molecule has 0 aromatic carbocycles. The lowest BCUT2D eigenvalue weighted by molar-refractivity contribution is -0.158. The Morgan fingerprint density at radius 1 is 1.24 bits per heavy atom. The molecule has 1 aliphatic rings. The molecule has 1 aliphatic heterocycles. The molecule has 1 heterocycles. The number of nitrogens with zero attached hydrogens (tertiary/aromatic N) is 1. The molecule has 2 atom stereocenters. The average Bonchev–Trinajstić information content (AvgIpc) is 2.25. The molecule has 0 radical (unpaired) electrons. The number of rotatable bonds is 3. The summed E-state index contributed by atoms with van der Waals surface area (Å²) in [6.45, 7) is 10.5. The highest BCUT2D eigenvalue weighted by Crippen LogP contribution is 2.41. The van der Waals surface area contributed by atoms with Gasteiger partial charge in [-0.15, -0.1) is 0 Å². The lowest BCUT2D eigenvalue weighted by Gasteiger charge is -2.55. The first-order valence-corrected chi connectivity index (χ1v) is 6.68. The topological polar surface area (TPSA) is 29.5 Å². The number of hydrogen-bond donors (Lipinski definition) is 0. The second-order valence-corrected chi connectivity index (χ2v) is 5.90. The van der Waals surface area contributed by atoms with E-state index in [-0.39, 0.29) is 23.2 Å². The third kappa shape index (κ3) is 2.82. The molecule has 1 saturated heterocycles. The minimum absolute atomic E-state index is 0.0681. The standard InChI is InChI=1S/C14H27NO2/c1-7-13(4)9-12(17-11(3)16)10-14(5,8-2)15(13)6/h12H,7-10H2,1-6H3. The van der Waals surface area contributed by atoms with Gasteiger partial charge in [-0.05, 0) is 33.7 Å². The van der Waals surface area contributed by atoms with Crippen molar-refractivity contribution in [1.82, 2.24) is 4.90 Å². The van der Waals surface area contributed by atoms with Crippen LogP contribution in [0.25, 0.3) is 0 Å². The highest BCUT2D eigenvalue weighted by molar-refractivity contribution is 5.66. The zero-order chi connectivity index (χ0) is 13.3. The molecule has 17 heavy (non-hydrogen) atoms. The van der Waals surface area contributed by atoms with Gasteiger partial charge in [0.15, 0.2) is 0 Å². The van der Waals surface area contributed by atoms with Crippen molar-refractivity contribution < 1.29 is 9.53 Å². The monoisotopic (exact) mass is 241 g/mol. The number of piperidine rings is 1. The van der Waals surface area contributed by atoms with E-state index in [1.807, 2.05) is 0 Å². The zero-order valence-electron chi connectivity index (χ0n) is 12.2. The molecule has 3 heteroatoms. The SMILES string of the molecule is CCC1(C)CC(OC(C)=O)CC(C)(CC)N1C. The predicted molar refractivity (Wildman–Crippen MR) is 69.9 cm³/mol. The molecule has 0 amide bonds. The summed E-state index contributed by atoms with van der Waals surface area (Å²) >= 11 is 0. The Balaban J connectivity index is 2.93. The van der Waals surface area contributed by atoms with Crippen LogP contribution in [0.15, 0.2) is 0 Å². The second kappa shape index (κ2) is 4.97. The van der Waals surface area contributed by atoms with E-state index in [9.17, 15) is 4.79 Å². The smallest absolute Gasteiger partial charge is 0.302 e. The van der Waals surface area contributed by atoms with Crippen molar-refractivity contribution in [3.05, 3.63) is 0 Å². The van der Waals surface area contributed by atoms with Crippen molar-refractivity contribution in [1.29, 1.82) is 0 Å². The fraction of sp³-hybridized carbons (Fsp3) is 0.929. The first-order chi connectivity index (χ1) is 7.77. The number of carbonyl (C=O) groups excluding carboxylic acids is 1. The Bertz CT molecular complexity index is 272. The molecule has 3 nitrogen and oxygen atoms in total. The summed E-state index contributed by atoms with van der Waals surface area (Å²) in [6.07, 6.45) is 4.11. The van der Waals surface area contributed by atoms with Gasteiger partial charge in [0.05, 0.1) is 0 Å². The largest absolute Gasteiger partial charge is 0.462 e. The molecular weight excluding hydrogens is 214 g/mol. The zero-order valence-corrected chi connectivity index (χ0v) is 12.2. The first kappa shape index (κ1) is 14.5. The summed E-state index contributed by atoms with van der Waals surface area (Å²) < 4.78 is 5.47. The summed E-state index contributed by atoms with van der Waals surface area (Å²) in [5.74, 6) is -0.156. The Hall–Kier alpha value is -0.570. The third-order valence-corrected chi connectivity index (χ3v) is 4.81.